The van der Waals surface area contributed by atoms with Gasteiger partial charge in [-0.05, 0) is 42.5 Å². The summed E-state index contributed by atoms with van der Waals surface area (Å²) in [6, 6.07) is 7.71. The highest BCUT2D eigenvalue weighted by Crippen LogP contribution is 2.37. The van der Waals surface area contributed by atoms with E-state index in [0.29, 0.717) is 10.4 Å². The molecule has 0 aliphatic heterocycles. The number of amides is 1. The van der Waals surface area contributed by atoms with Crippen molar-refractivity contribution in [3.63, 3.8) is 0 Å². The zero-order valence-corrected chi connectivity index (χ0v) is 20.8. The fourth-order valence-corrected chi connectivity index (χ4v) is 5.57. The standard InChI is InChI=1S/C20H23ClF3N3O5S2/c1-4-26(5-2)34(31,32)16-9-6-14(7-10-16)25-19(28)13-27(33(3,29)30)15-8-11-18(21)17(12-15)20(22,23)24/h6-12H,4-5,13H2,1-3H3,(H,25,28). The smallest absolute Gasteiger partial charge is 0.325 e. The maximum absolute atomic E-state index is 13.2. The minimum Gasteiger partial charge on any atom is -0.325 e. The van der Waals surface area contributed by atoms with E-state index in [-0.39, 0.29) is 23.7 Å². The quantitative estimate of drug-likeness (QED) is 0.520. The minimum absolute atomic E-state index is 0.00723. The Kier molecular flexibility index (Phi) is 8.62. The third-order valence-corrected chi connectivity index (χ3v) is 8.25. The van der Waals surface area contributed by atoms with Crippen LogP contribution in [-0.4, -0.2) is 52.9 Å². The number of nitrogens with zero attached hydrogens (tertiary/aromatic N) is 2. The number of nitrogens with one attached hydrogen (secondary N) is 1. The lowest BCUT2D eigenvalue weighted by Crippen LogP contribution is -2.37. The van der Waals surface area contributed by atoms with Gasteiger partial charge in [0, 0.05) is 18.8 Å². The van der Waals surface area contributed by atoms with E-state index in [1.807, 2.05) is 0 Å². The summed E-state index contributed by atoms with van der Waals surface area (Å²) in [5.41, 5.74) is -1.47. The van der Waals surface area contributed by atoms with Crippen molar-refractivity contribution in [2.75, 3.05) is 35.5 Å². The van der Waals surface area contributed by atoms with Crippen molar-refractivity contribution in [3.05, 3.63) is 53.1 Å². The van der Waals surface area contributed by atoms with Crippen LogP contribution in [0.3, 0.4) is 0 Å². The summed E-state index contributed by atoms with van der Waals surface area (Å²) >= 11 is 5.58. The lowest BCUT2D eigenvalue weighted by molar-refractivity contribution is -0.137. The molecule has 0 unspecified atom stereocenters. The Morgan fingerprint density at radius 1 is 1.00 bits per heavy atom. The van der Waals surface area contributed by atoms with E-state index in [0.717, 1.165) is 18.4 Å². The molecule has 2 aromatic rings. The molecule has 0 aliphatic carbocycles. The first-order valence-electron chi connectivity index (χ1n) is 9.85. The second-order valence-electron chi connectivity index (χ2n) is 7.09. The molecule has 8 nitrogen and oxygen atoms in total. The number of carbonyl (C=O) groups is 1. The summed E-state index contributed by atoms with van der Waals surface area (Å²) < 4.78 is 90.8. The number of anilines is 2. The minimum atomic E-state index is -4.83. The predicted octanol–water partition coefficient (Wildman–Crippen LogP) is 3.79. The topological polar surface area (TPSA) is 104 Å². The van der Waals surface area contributed by atoms with Crippen molar-refractivity contribution in [1.82, 2.24) is 4.31 Å². The number of halogens is 4. The van der Waals surface area contributed by atoms with Crippen molar-refractivity contribution in [2.24, 2.45) is 0 Å². The molecule has 0 saturated heterocycles. The van der Waals surface area contributed by atoms with Crippen LogP contribution in [0.4, 0.5) is 24.5 Å². The molecule has 1 N–H and O–H groups in total. The summed E-state index contributed by atoms with van der Waals surface area (Å²) in [6.45, 7) is 3.12. The van der Waals surface area contributed by atoms with Crippen LogP contribution in [0.1, 0.15) is 19.4 Å². The number of carbonyl (C=O) groups excluding carboxylic acids is 1. The van der Waals surface area contributed by atoms with E-state index in [1.54, 1.807) is 13.8 Å². The van der Waals surface area contributed by atoms with Gasteiger partial charge in [0.05, 0.1) is 27.4 Å². The second kappa shape index (κ2) is 10.5. The number of hydrogen-bond donors (Lipinski definition) is 1. The van der Waals surface area contributed by atoms with Gasteiger partial charge in [0.2, 0.25) is 26.0 Å². The van der Waals surface area contributed by atoms with Crippen LogP contribution < -0.4 is 9.62 Å². The molecule has 14 heteroatoms. The van der Waals surface area contributed by atoms with Gasteiger partial charge >= 0.3 is 6.18 Å². The molecular weight excluding hydrogens is 519 g/mol. The van der Waals surface area contributed by atoms with Crippen molar-refractivity contribution >= 4 is 48.9 Å². The van der Waals surface area contributed by atoms with Crippen molar-refractivity contribution in [1.29, 1.82) is 0 Å². The molecule has 0 atom stereocenters. The Bertz CT molecular complexity index is 1250. The number of rotatable bonds is 9. The first kappa shape index (κ1) is 27.9. The maximum Gasteiger partial charge on any atom is 0.417 e. The fraction of sp³-hybridized carbons (Fsp3) is 0.350. The van der Waals surface area contributed by atoms with Crippen LogP contribution in [0.5, 0.6) is 0 Å². The molecule has 0 aliphatic rings. The maximum atomic E-state index is 13.2. The van der Waals surface area contributed by atoms with Gasteiger partial charge in [-0.2, -0.15) is 17.5 Å². The van der Waals surface area contributed by atoms with Gasteiger partial charge in [0.25, 0.3) is 0 Å². The van der Waals surface area contributed by atoms with Gasteiger partial charge in [-0.15, -0.1) is 0 Å². The summed E-state index contributed by atoms with van der Waals surface area (Å²) in [5, 5.41) is 1.79. The van der Waals surface area contributed by atoms with E-state index >= 15 is 0 Å². The number of sulfonamides is 2. The van der Waals surface area contributed by atoms with Crippen molar-refractivity contribution in [3.8, 4) is 0 Å². The summed E-state index contributed by atoms with van der Waals surface area (Å²) in [6.07, 6.45) is -4.08. The molecule has 0 aromatic heterocycles. The second-order valence-corrected chi connectivity index (χ2v) is 11.3. The molecular formula is C20H23ClF3N3O5S2. The highest BCUT2D eigenvalue weighted by molar-refractivity contribution is 7.92. The van der Waals surface area contributed by atoms with Gasteiger partial charge in [-0.3, -0.25) is 9.10 Å². The molecule has 2 aromatic carbocycles. The van der Waals surface area contributed by atoms with Gasteiger partial charge in [-0.1, -0.05) is 25.4 Å². The van der Waals surface area contributed by atoms with E-state index in [9.17, 15) is 34.8 Å². The largest absolute Gasteiger partial charge is 0.417 e. The van der Waals surface area contributed by atoms with E-state index in [2.05, 4.69) is 5.32 Å². The van der Waals surface area contributed by atoms with Gasteiger partial charge in [0.1, 0.15) is 6.54 Å². The van der Waals surface area contributed by atoms with Crippen LogP contribution in [0, 0.1) is 0 Å². The molecule has 188 valence electrons. The zero-order chi connectivity index (χ0) is 25.9. The molecule has 0 saturated carbocycles. The molecule has 0 heterocycles. The Balaban J connectivity index is 2.26. The Labute approximate surface area is 201 Å². The summed E-state index contributed by atoms with van der Waals surface area (Å²) in [5.74, 6) is -0.853. The first-order valence-corrected chi connectivity index (χ1v) is 13.5. The van der Waals surface area contributed by atoms with Gasteiger partial charge < -0.3 is 5.32 Å². The first-order chi connectivity index (χ1) is 15.6. The highest BCUT2D eigenvalue weighted by atomic mass is 35.5. The van der Waals surface area contributed by atoms with Gasteiger partial charge in [0.15, 0.2) is 0 Å². The van der Waals surface area contributed by atoms with Crippen LogP contribution >= 0.6 is 11.6 Å². The van der Waals surface area contributed by atoms with Crippen molar-refractivity contribution in [2.45, 2.75) is 24.9 Å². The Morgan fingerprint density at radius 2 is 1.56 bits per heavy atom. The molecule has 0 spiro atoms. The van der Waals surface area contributed by atoms with Crippen LogP contribution in [0.15, 0.2) is 47.4 Å². The normalized spacial score (nSPS) is 12.6. The summed E-state index contributed by atoms with van der Waals surface area (Å²) in [7, 11) is -7.85. The predicted molar refractivity (Wildman–Crippen MR) is 124 cm³/mol. The summed E-state index contributed by atoms with van der Waals surface area (Å²) in [4.78, 5) is 12.5. The van der Waals surface area contributed by atoms with Gasteiger partial charge in [-0.25, -0.2) is 16.8 Å². The van der Waals surface area contributed by atoms with Crippen LogP contribution in [-0.2, 0) is 31.0 Å². The monoisotopic (exact) mass is 541 g/mol. The fourth-order valence-electron chi connectivity index (χ4n) is 3.04. The average molecular weight is 542 g/mol. The molecule has 2 rings (SSSR count). The van der Waals surface area contributed by atoms with E-state index in [1.165, 1.54) is 28.6 Å². The third kappa shape index (κ3) is 6.62. The number of hydrogen-bond acceptors (Lipinski definition) is 5. The molecule has 34 heavy (non-hydrogen) atoms. The van der Waals surface area contributed by atoms with Crippen LogP contribution in [0.2, 0.25) is 5.02 Å². The van der Waals surface area contributed by atoms with Crippen molar-refractivity contribution < 1.29 is 34.8 Å². The van der Waals surface area contributed by atoms with E-state index < -0.39 is 54.9 Å². The highest BCUT2D eigenvalue weighted by Gasteiger charge is 2.34. The lowest BCUT2D eigenvalue weighted by atomic mass is 10.2. The van der Waals surface area contributed by atoms with Crippen LogP contribution in [0.25, 0.3) is 0 Å². The average Bonchev–Trinajstić information content (AvgIpc) is 2.72. The molecule has 0 radical (unpaired) electrons. The number of benzene rings is 2. The number of alkyl halides is 3. The molecule has 1 amide bonds. The zero-order valence-electron chi connectivity index (χ0n) is 18.4. The lowest BCUT2D eigenvalue weighted by Gasteiger charge is -2.23. The third-order valence-electron chi connectivity index (χ3n) is 4.71. The molecule has 0 bridgehead atoms. The SMILES string of the molecule is CCN(CC)S(=O)(=O)c1ccc(NC(=O)CN(c2ccc(Cl)c(C(F)(F)F)c2)S(C)(=O)=O)cc1. The van der Waals surface area contributed by atoms with E-state index in [4.69, 9.17) is 11.6 Å². The Morgan fingerprint density at radius 3 is 2.03 bits per heavy atom. The Hall–Kier alpha value is -2.35. The molecule has 0 fully saturated rings.